The number of hydrogen-bond acceptors (Lipinski definition) is 5. The van der Waals surface area contributed by atoms with Crippen LogP contribution in [0.2, 0.25) is 5.02 Å². The molecule has 2 aromatic carbocycles. The number of pyridine rings is 1. The number of nitrogens with zero attached hydrogens (tertiary/aromatic N) is 2. The predicted molar refractivity (Wildman–Crippen MR) is 94.3 cm³/mol. The van der Waals surface area contributed by atoms with Gasteiger partial charge in [0, 0.05) is 17.3 Å². The van der Waals surface area contributed by atoms with E-state index >= 15 is 0 Å². The molecule has 24 heavy (non-hydrogen) atoms. The zero-order valence-electron chi connectivity index (χ0n) is 13.1. The van der Waals surface area contributed by atoms with Crippen LogP contribution in [0.1, 0.15) is 5.56 Å². The van der Waals surface area contributed by atoms with Gasteiger partial charge in [-0.15, -0.1) is 0 Å². The minimum Gasteiger partial charge on any atom is -0.497 e. The first-order valence-electron chi connectivity index (χ1n) is 7.13. The molecule has 0 radical (unpaired) electrons. The third-order valence-electron chi connectivity index (χ3n) is 3.62. The first kappa shape index (κ1) is 15.9. The van der Waals surface area contributed by atoms with Gasteiger partial charge >= 0.3 is 0 Å². The molecule has 120 valence electrons. The van der Waals surface area contributed by atoms with Crippen LogP contribution in [0.25, 0.3) is 10.9 Å². The van der Waals surface area contributed by atoms with Crippen LogP contribution in [-0.2, 0) is 0 Å². The molecule has 3 rings (SSSR count). The maximum Gasteiger partial charge on any atom is 0.137 e. The molecule has 0 aliphatic carbocycles. The van der Waals surface area contributed by atoms with Gasteiger partial charge in [0.2, 0.25) is 0 Å². The van der Waals surface area contributed by atoms with Crippen LogP contribution < -0.4 is 14.8 Å². The molecule has 0 aliphatic rings. The number of hydrogen-bond donors (Lipinski definition) is 1. The standard InChI is InChI=1S/C18H14ClN3O2/c1-23-13-4-5-16-14(8-13)18(11(9-20)10-21-16)22-12-3-6-17(24-2)15(19)7-12/h3-8,10H,1-2H3,(H,21,22). The van der Waals surface area contributed by atoms with Crippen molar-refractivity contribution >= 4 is 33.9 Å². The minimum absolute atomic E-state index is 0.433. The van der Waals surface area contributed by atoms with E-state index in [1.807, 2.05) is 24.3 Å². The van der Waals surface area contributed by atoms with E-state index in [-0.39, 0.29) is 0 Å². The van der Waals surface area contributed by atoms with Gasteiger partial charge in [0.25, 0.3) is 0 Å². The van der Waals surface area contributed by atoms with Gasteiger partial charge in [-0.3, -0.25) is 4.98 Å². The van der Waals surface area contributed by atoms with Gasteiger partial charge in [-0.2, -0.15) is 5.26 Å². The van der Waals surface area contributed by atoms with Crippen LogP contribution >= 0.6 is 11.6 Å². The van der Waals surface area contributed by atoms with Crippen molar-refractivity contribution in [2.45, 2.75) is 0 Å². The Hall–Kier alpha value is -2.97. The van der Waals surface area contributed by atoms with E-state index in [1.165, 1.54) is 0 Å². The van der Waals surface area contributed by atoms with Crippen LogP contribution in [0, 0.1) is 11.3 Å². The van der Waals surface area contributed by atoms with E-state index in [2.05, 4.69) is 16.4 Å². The third-order valence-corrected chi connectivity index (χ3v) is 3.91. The molecule has 0 spiro atoms. The number of fused-ring (bicyclic) bond motifs is 1. The largest absolute Gasteiger partial charge is 0.497 e. The molecule has 1 N–H and O–H groups in total. The smallest absolute Gasteiger partial charge is 0.137 e. The maximum absolute atomic E-state index is 9.41. The second-order valence-corrected chi connectivity index (χ2v) is 5.42. The van der Waals surface area contributed by atoms with Crippen molar-refractivity contribution in [3.63, 3.8) is 0 Å². The van der Waals surface area contributed by atoms with Crippen molar-refractivity contribution in [3.05, 3.63) is 53.2 Å². The second kappa shape index (κ2) is 6.65. The molecule has 5 nitrogen and oxygen atoms in total. The summed E-state index contributed by atoms with van der Waals surface area (Å²) in [5.41, 5.74) is 2.59. The Morgan fingerprint density at radius 2 is 1.96 bits per heavy atom. The van der Waals surface area contributed by atoms with Gasteiger partial charge in [0.15, 0.2) is 0 Å². The van der Waals surface area contributed by atoms with Gasteiger partial charge < -0.3 is 14.8 Å². The number of nitrogens with one attached hydrogen (secondary N) is 1. The molecule has 0 unspecified atom stereocenters. The number of benzene rings is 2. The third kappa shape index (κ3) is 2.92. The fourth-order valence-corrected chi connectivity index (χ4v) is 2.66. The summed E-state index contributed by atoms with van der Waals surface area (Å²) in [5.74, 6) is 1.28. The van der Waals surface area contributed by atoms with Gasteiger partial charge in [-0.1, -0.05) is 11.6 Å². The number of ether oxygens (including phenoxy) is 2. The molecule has 0 fully saturated rings. The van der Waals surface area contributed by atoms with Crippen molar-refractivity contribution in [2.75, 3.05) is 19.5 Å². The lowest BCUT2D eigenvalue weighted by Gasteiger charge is -2.13. The van der Waals surface area contributed by atoms with Gasteiger partial charge in [-0.05, 0) is 36.4 Å². The number of anilines is 2. The number of aromatic nitrogens is 1. The van der Waals surface area contributed by atoms with Crippen molar-refractivity contribution in [1.82, 2.24) is 4.98 Å². The highest BCUT2D eigenvalue weighted by Gasteiger charge is 2.11. The Bertz CT molecular complexity index is 951. The topological polar surface area (TPSA) is 67.2 Å². The summed E-state index contributed by atoms with van der Waals surface area (Å²) in [6.45, 7) is 0. The monoisotopic (exact) mass is 339 g/mol. The normalized spacial score (nSPS) is 10.2. The average molecular weight is 340 g/mol. The van der Waals surface area contributed by atoms with E-state index < -0.39 is 0 Å². The highest BCUT2D eigenvalue weighted by atomic mass is 35.5. The molecule has 1 aromatic heterocycles. The van der Waals surface area contributed by atoms with Crippen molar-refractivity contribution in [2.24, 2.45) is 0 Å². The summed E-state index contributed by atoms with van der Waals surface area (Å²) in [6, 6.07) is 13.0. The second-order valence-electron chi connectivity index (χ2n) is 5.02. The van der Waals surface area contributed by atoms with Gasteiger partial charge in [-0.25, -0.2) is 0 Å². The molecule has 0 saturated carbocycles. The lowest BCUT2D eigenvalue weighted by Crippen LogP contribution is -1.97. The maximum atomic E-state index is 9.41. The molecule has 0 atom stereocenters. The van der Waals surface area contributed by atoms with Crippen molar-refractivity contribution in [3.8, 4) is 17.6 Å². The summed E-state index contributed by atoms with van der Waals surface area (Å²) in [6.07, 6.45) is 1.54. The Kier molecular flexibility index (Phi) is 4.41. The predicted octanol–water partition coefficient (Wildman–Crippen LogP) is 4.52. The van der Waals surface area contributed by atoms with Crippen LogP contribution in [0.15, 0.2) is 42.6 Å². The highest BCUT2D eigenvalue weighted by molar-refractivity contribution is 6.32. The first-order chi connectivity index (χ1) is 11.7. The van der Waals surface area contributed by atoms with Gasteiger partial charge in [0.05, 0.1) is 36.0 Å². The van der Waals surface area contributed by atoms with Crippen LogP contribution in [-0.4, -0.2) is 19.2 Å². The molecular formula is C18H14ClN3O2. The Balaban J connectivity index is 2.13. The average Bonchev–Trinajstić information content (AvgIpc) is 2.61. The molecule has 1 heterocycles. The van der Waals surface area contributed by atoms with Crippen molar-refractivity contribution < 1.29 is 9.47 Å². The van der Waals surface area contributed by atoms with E-state index in [1.54, 1.807) is 32.5 Å². The molecule has 0 saturated heterocycles. The summed E-state index contributed by atoms with van der Waals surface area (Å²) in [4.78, 5) is 4.31. The molecule has 0 aliphatic heterocycles. The van der Waals surface area contributed by atoms with Crippen LogP contribution in [0.4, 0.5) is 11.4 Å². The van der Waals surface area contributed by atoms with Crippen molar-refractivity contribution in [1.29, 1.82) is 5.26 Å². The summed E-state index contributed by atoms with van der Waals surface area (Å²) < 4.78 is 10.4. The molecular weight excluding hydrogens is 326 g/mol. The highest BCUT2D eigenvalue weighted by Crippen LogP contribution is 2.33. The number of halogens is 1. The molecule has 3 aromatic rings. The number of methoxy groups -OCH3 is 2. The summed E-state index contributed by atoms with van der Waals surface area (Å²) >= 11 is 6.17. The lowest BCUT2D eigenvalue weighted by atomic mass is 10.1. The summed E-state index contributed by atoms with van der Waals surface area (Å²) in [5, 5.41) is 13.9. The zero-order chi connectivity index (χ0) is 17.1. The van der Waals surface area contributed by atoms with E-state index in [9.17, 15) is 5.26 Å². The Labute approximate surface area is 144 Å². The minimum atomic E-state index is 0.433. The zero-order valence-corrected chi connectivity index (χ0v) is 13.9. The van der Waals surface area contributed by atoms with Gasteiger partial charge in [0.1, 0.15) is 17.6 Å². The van der Waals surface area contributed by atoms with E-state index in [0.29, 0.717) is 27.8 Å². The lowest BCUT2D eigenvalue weighted by molar-refractivity contribution is 0.415. The fraction of sp³-hybridized carbons (Fsp3) is 0.111. The quantitative estimate of drug-likeness (QED) is 0.756. The first-order valence-corrected chi connectivity index (χ1v) is 7.51. The molecule has 0 amide bonds. The SMILES string of the molecule is COc1ccc2ncc(C#N)c(Nc3ccc(OC)c(Cl)c3)c2c1. The Morgan fingerprint density at radius 1 is 1.12 bits per heavy atom. The Morgan fingerprint density at radius 3 is 2.62 bits per heavy atom. The van der Waals surface area contributed by atoms with Crippen LogP contribution in [0.3, 0.4) is 0 Å². The number of nitriles is 1. The molecule has 0 bridgehead atoms. The van der Waals surface area contributed by atoms with E-state index in [4.69, 9.17) is 21.1 Å². The number of rotatable bonds is 4. The van der Waals surface area contributed by atoms with Crippen LogP contribution in [0.5, 0.6) is 11.5 Å². The summed E-state index contributed by atoms with van der Waals surface area (Å²) in [7, 11) is 3.16. The fourth-order valence-electron chi connectivity index (χ4n) is 2.41. The molecule has 6 heteroatoms. The van der Waals surface area contributed by atoms with E-state index in [0.717, 1.165) is 16.6 Å².